The second-order valence-corrected chi connectivity index (χ2v) is 11.1. The summed E-state index contributed by atoms with van der Waals surface area (Å²) in [5.74, 6) is -2.43. The van der Waals surface area contributed by atoms with Crippen LogP contribution in [0.5, 0.6) is 5.75 Å². The summed E-state index contributed by atoms with van der Waals surface area (Å²) in [6.07, 6.45) is 2.47. The van der Waals surface area contributed by atoms with Gasteiger partial charge in [0.15, 0.2) is 0 Å². The number of carboxylic acid groups (broad SMARTS) is 1. The van der Waals surface area contributed by atoms with Gasteiger partial charge in [-0.1, -0.05) is 72.8 Å². The molecule has 0 heterocycles. The monoisotopic (exact) mass is 606 g/mol. The molecule has 0 aromatic heterocycles. The Hall–Kier alpha value is -4.35. The van der Waals surface area contributed by atoms with E-state index in [9.17, 15) is 29.4 Å². The van der Waals surface area contributed by atoms with E-state index in [0.29, 0.717) is 11.3 Å². The van der Waals surface area contributed by atoms with Gasteiger partial charge in [0.2, 0.25) is 17.7 Å². The summed E-state index contributed by atoms with van der Waals surface area (Å²) in [6.45, 7) is 0. The minimum absolute atomic E-state index is 0.0488. The molecule has 0 saturated carbocycles. The summed E-state index contributed by atoms with van der Waals surface area (Å²) in [5, 5.41) is 27.4. The molecule has 0 fully saturated rings. The normalized spacial score (nSPS) is 13.6. The first-order chi connectivity index (χ1) is 20.7. The van der Waals surface area contributed by atoms with Crippen LogP contribution in [0.3, 0.4) is 0 Å². The summed E-state index contributed by atoms with van der Waals surface area (Å²) in [6, 6.07) is 20.2. The van der Waals surface area contributed by atoms with Gasteiger partial charge in [-0.05, 0) is 53.7 Å². The van der Waals surface area contributed by atoms with Crippen molar-refractivity contribution in [1.29, 1.82) is 0 Å². The van der Waals surface area contributed by atoms with Crippen LogP contribution in [-0.2, 0) is 38.4 Å². The van der Waals surface area contributed by atoms with Crippen LogP contribution in [-0.4, -0.2) is 70.1 Å². The van der Waals surface area contributed by atoms with E-state index in [4.69, 9.17) is 5.73 Å². The van der Waals surface area contributed by atoms with Crippen molar-refractivity contribution in [1.82, 2.24) is 16.0 Å². The zero-order chi connectivity index (χ0) is 31.2. The standard InChI is InChI=1S/C32H38N4O6S/c1-43-17-16-26(32(41)42)34-30(39)28(19-22-10-6-3-7-11-22)36-31(40)27(20-23-12-14-24(37)15-13-23)35-29(38)25(33)18-21-8-4-2-5-9-21/h2-15,25-28,37H,16-20,33H2,1H3,(H,34,39)(H,35,38)(H,36,40)(H,41,42). The van der Waals surface area contributed by atoms with E-state index in [1.165, 1.54) is 23.9 Å². The van der Waals surface area contributed by atoms with Crippen LogP contribution in [0, 0.1) is 0 Å². The molecular formula is C32H38N4O6S. The molecule has 10 nitrogen and oxygen atoms in total. The Morgan fingerprint density at radius 3 is 1.60 bits per heavy atom. The molecule has 0 radical (unpaired) electrons. The first-order valence-electron chi connectivity index (χ1n) is 13.9. The van der Waals surface area contributed by atoms with Gasteiger partial charge >= 0.3 is 5.97 Å². The van der Waals surface area contributed by atoms with Gasteiger partial charge in [-0.25, -0.2) is 4.79 Å². The number of carbonyl (C=O) groups excluding carboxylic acids is 3. The molecule has 3 amide bonds. The lowest BCUT2D eigenvalue weighted by Crippen LogP contribution is -2.58. The van der Waals surface area contributed by atoms with Gasteiger partial charge in [-0.15, -0.1) is 0 Å². The molecule has 3 aromatic carbocycles. The molecule has 3 rings (SSSR count). The number of phenolic OH excluding ortho intramolecular Hbond substituents is 1. The Balaban J connectivity index is 1.82. The second kappa shape index (κ2) is 16.9. The smallest absolute Gasteiger partial charge is 0.326 e. The average Bonchev–Trinajstić information content (AvgIpc) is 3.00. The molecule has 0 spiro atoms. The van der Waals surface area contributed by atoms with Crippen LogP contribution in [0.15, 0.2) is 84.9 Å². The lowest BCUT2D eigenvalue weighted by atomic mass is 10.0. The summed E-state index contributed by atoms with van der Waals surface area (Å²) >= 11 is 1.46. The van der Waals surface area contributed by atoms with Crippen molar-refractivity contribution in [3.63, 3.8) is 0 Å². The first-order valence-corrected chi connectivity index (χ1v) is 15.3. The number of hydrogen-bond acceptors (Lipinski definition) is 7. The molecule has 4 unspecified atom stereocenters. The zero-order valence-electron chi connectivity index (χ0n) is 23.9. The van der Waals surface area contributed by atoms with Crippen molar-refractivity contribution in [3.05, 3.63) is 102 Å². The zero-order valence-corrected chi connectivity index (χ0v) is 24.8. The molecule has 0 aliphatic carbocycles. The highest BCUT2D eigenvalue weighted by molar-refractivity contribution is 7.98. The highest BCUT2D eigenvalue weighted by atomic mass is 32.2. The third-order valence-corrected chi connectivity index (χ3v) is 7.43. The largest absolute Gasteiger partial charge is 0.508 e. The minimum Gasteiger partial charge on any atom is -0.508 e. The van der Waals surface area contributed by atoms with Crippen LogP contribution >= 0.6 is 11.8 Å². The van der Waals surface area contributed by atoms with Gasteiger partial charge in [-0.3, -0.25) is 14.4 Å². The summed E-state index contributed by atoms with van der Waals surface area (Å²) in [7, 11) is 0. The van der Waals surface area contributed by atoms with Gasteiger partial charge in [-0.2, -0.15) is 11.8 Å². The lowest BCUT2D eigenvalue weighted by molar-refractivity contribution is -0.142. The van der Waals surface area contributed by atoms with Crippen LogP contribution < -0.4 is 21.7 Å². The summed E-state index contributed by atoms with van der Waals surface area (Å²) in [5.41, 5.74) is 8.45. The highest BCUT2D eigenvalue weighted by Crippen LogP contribution is 2.13. The molecule has 0 aliphatic rings. The molecule has 11 heteroatoms. The summed E-state index contributed by atoms with van der Waals surface area (Å²) in [4.78, 5) is 52.0. The number of amides is 3. The number of benzene rings is 3. The molecule has 0 bridgehead atoms. The number of phenols is 1. The van der Waals surface area contributed by atoms with Gasteiger partial charge in [0.25, 0.3) is 0 Å². The molecule has 0 aliphatic heterocycles. The summed E-state index contributed by atoms with van der Waals surface area (Å²) < 4.78 is 0. The SMILES string of the molecule is CSCCC(NC(=O)C(Cc1ccccc1)NC(=O)C(Cc1ccc(O)cc1)NC(=O)C(N)Cc1ccccc1)C(=O)O. The molecule has 7 N–H and O–H groups in total. The Labute approximate surface area is 255 Å². The topological polar surface area (TPSA) is 171 Å². The Kier molecular flexibility index (Phi) is 13.1. The van der Waals surface area contributed by atoms with Crippen molar-refractivity contribution >= 4 is 35.5 Å². The quantitative estimate of drug-likeness (QED) is 0.144. The number of hydrogen-bond donors (Lipinski definition) is 6. The number of rotatable bonds is 16. The van der Waals surface area contributed by atoms with Crippen molar-refractivity contribution in [3.8, 4) is 5.75 Å². The highest BCUT2D eigenvalue weighted by Gasteiger charge is 2.30. The van der Waals surface area contributed by atoms with Crippen LogP contribution in [0.4, 0.5) is 0 Å². The van der Waals surface area contributed by atoms with Crippen molar-refractivity contribution in [2.75, 3.05) is 12.0 Å². The lowest BCUT2D eigenvalue weighted by Gasteiger charge is -2.25. The van der Waals surface area contributed by atoms with E-state index in [-0.39, 0.29) is 31.4 Å². The van der Waals surface area contributed by atoms with E-state index in [1.54, 1.807) is 36.4 Å². The number of nitrogens with two attached hydrogens (primary N) is 1. The van der Waals surface area contributed by atoms with Gasteiger partial charge in [0, 0.05) is 12.8 Å². The average molecular weight is 607 g/mol. The fraction of sp³-hybridized carbons (Fsp3) is 0.312. The molecule has 43 heavy (non-hydrogen) atoms. The maximum absolute atomic E-state index is 13.7. The van der Waals surface area contributed by atoms with E-state index in [0.717, 1.165) is 11.1 Å². The van der Waals surface area contributed by atoms with Crippen molar-refractivity contribution < 1.29 is 29.4 Å². The van der Waals surface area contributed by atoms with Gasteiger partial charge < -0.3 is 31.9 Å². The number of aromatic hydroxyl groups is 1. The number of carboxylic acids is 1. The third kappa shape index (κ3) is 11.1. The minimum atomic E-state index is -1.17. The predicted molar refractivity (Wildman–Crippen MR) is 167 cm³/mol. The van der Waals surface area contributed by atoms with Crippen molar-refractivity contribution in [2.24, 2.45) is 5.73 Å². The Morgan fingerprint density at radius 2 is 1.12 bits per heavy atom. The number of thioether (sulfide) groups is 1. The van der Waals surface area contributed by atoms with Crippen molar-refractivity contribution in [2.45, 2.75) is 49.9 Å². The first kappa shape index (κ1) is 33.2. The fourth-order valence-corrected chi connectivity index (χ4v) is 4.88. The Morgan fingerprint density at radius 1 is 0.674 bits per heavy atom. The second-order valence-electron chi connectivity index (χ2n) is 10.2. The van der Waals surface area contributed by atoms with Crippen LogP contribution in [0.1, 0.15) is 23.1 Å². The maximum atomic E-state index is 13.7. The predicted octanol–water partition coefficient (Wildman–Crippen LogP) is 2.04. The van der Waals surface area contributed by atoms with E-state index in [2.05, 4.69) is 16.0 Å². The number of aliphatic carboxylic acids is 1. The van der Waals surface area contributed by atoms with E-state index < -0.39 is 47.9 Å². The number of carbonyl (C=O) groups is 4. The van der Waals surface area contributed by atoms with Crippen LogP contribution in [0.2, 0.25) is 0 Å². The molecular weight excluding hydrogens is 568 g/mol. The maximum Gasteiger partial charge on any atom is 0.326 e. The fourth-order valence-electron chi connectivity index (χ4n) is 4.41. The molecule has 0 saturated heterocycles. The van der Waals surface area contributed by atoms with Gasteiger partial charge in [0.1, 0.15) is 23.9 Å². The van der Waals surface area contributed by atoms with E-state index >= 15 is 0 Å². The molecule has 228 valence electrons. The Bertz CT molecular complexity index is 1340. The van der Waals surface area contributed by atoms with Gasteiger partial charge in [0.05, 0.1) is 6.04 Å². The number of nitrogens with one attached hydrogen (secondary N) is 3. The van der Waals surface area contributed by atoms with E-state index in [1.807, 2.05) is 42.7 Å². The molecule has 3 aromatic rings. The third-order valence-electron chi connectivity index (χ3n) is 6.79. The van der Waals surface area contributed by atoms with Crippen LogP contribution in [0.25, 0.3) is 0 Å². The molecule has 4 atom stereocenters.